The van der Waals surface area contributed by atoms with Crippen LogP contribution in [0.15, 0.2) is 17.1 Å². The maximum absolute atomic E-state index is 11.6. The summed E-state index contributed by atoms with van der Waals surface area (Å²) < 4.78 is 0. The summed E-state index contributed by atoms with van der Waals surface area (Å²) in [7, 11) is 0. The zero-order valence-corrected chi connectivity index (χ0v) is 11.0. The summed E-state index contributed by atoms with van der Waals surface area (Å²) in [5.41, 5.74) is 10.0. The molecule has 0 saturated carbocycles. The molecule has 21 heavy (non-hydrogen) atoms. The van der Waals surface area contributed by atoms with Crippen molar-refractivity contribution in [2.24, 2.45) is 16.6 Å². The smallest absolute Gasteiger partial charge is 0.326 e. The SMILES string of the molecule is NNNC=NCC=C[C@H](N)C(=O)N[C@@H](CC(=O)O)C(=O)O. The van der Waals surface area contributed by atoms with Crippen LogP contribution in [0.4, 0.5) is 0 Å². The van der Waals surface area contributed by atoms with E-state index in [-0.39, 0.29) is 6.54 Å². The predicted molar refractivity (Wildman–Crippen MR) is 72.8 cm³/mol. The molecule has 0 aliphatic heterocycles. The van der Waals surface area contributed by atoms with Crippen LogP contribution in [0.3, 0.4) is 0 Å². The van der Waals surface area contributed by atoms with E-state index in [4.69, 9.17) is 21.8 Å². The molecule has 0 aromatic carbocycles. The summed E-state index contributed by atoms with van der Waals surface area (Å²) >= 11 is 0. The summed E-state index contributed by atoms with van der Waals surface area (Å²) in [5.74, 6) is 1.31. The lowest BCUT2D eigenvalue weighted by molar-refractivity contribution is -0.147. The van der Waals surface area contributed by atoms with Gasteiger partial charge in [0.15, 0.2) is 0 Å². The molecule has 0 heterocycles. The van der Waals surface area contributed by atoms with E-state index in [2.05, 4.69) is 16.0 Å². The topological polar surface area (TPSA) is 192 Å². The van der Waals surface area contributed by atoms with Crippen LogP contribution in [0.1, 0.15) is 6.42 Å². The molecule has 0 aliphatic rings. The molecular formula is C10H18N6O5. The number of aliphatic carboxylic acids is 2. The highest BCUT2D eigenvalue weighted by Crippen LogP contribution is 1.94. The van der Waals surface area contributed by atoms with Crippen molar-refractivity contribution < 1.29 is 24.6 Å². The third-order valence-corrected chi connectivity index (χ3v) is 2.09. The highest BCUT2D eigenvalue weighted by molar-refractivity contribution is 5.90. The van der Waals surface area contributed by atoms with Gasteiger partial charge in [0.2, 0.25) is 5.91 Å². The van der Waals surface area contributed by atoms with E-state index in [0.717, 1.165) is 0 Å². The van der Waals surface area contributed by atoms with E-state index in [1.54, 1.807) is 0 Å². The van der Waals surface area contributed by atoms with Crippen molar-refractivity contribution in [1.29, 1.82) is 0 Å². The van der Waals surface area contributed by atoms with Crippen LogP contribution in [0, 0.1) is 0 Å². The van der Waals surface area contributed by atoms with Crippen molar-refractivity contribution in [2.45, 2.75) is 18.5 Å². The van der Waals surface area contributed by atoms with Crippen LogP contribution in [-0.4, -0.2) is 53.0 Å². The van der Waals surface area contributed by atoms with Gasteiger partial charge in [-0.05, 0) is 0 Å². The Kier molecular flexibility index (Phi) is 9.08. The molecule has 11 nitrogen and oxygen atoms in total. The number of hydrogen-bond acceptors (Lipinski definition) is 7. The Morgan fingerprint density at radius 2 is 1.95 bits per heavy atom. The molecule has 11 heteroatoms. The molecule has 0 aliphatic carbocycles. The number of hydrogen-bond donors (Lipinski definition) is 7. The number of nitrogens with two attached hydrogens (primary N) is 2. The number of carboxylic acid groups (broad SMARTS) is 2. The Labute approximate surface area is 120 Å². The van der Waals surface area contributed by atoms with E-state index in [1.807, 2.05) is 5.32 Å². The molecule has 0 aromatic heterocycles. The van der Waals surface area contributed by atoms with E-state index < -0.39 is 36.4 Å². The molecule has 0 radical (unpaired) electrons. The molecule has 0 fully saturated rings. The number of carbonyl (C=O) groups is 3. The van der Waals surface area contributed by atoms with E-state index in [0.29, 0.717) is 0 Å². The second-order valence-corrected chi connectivity index (χ2v) is 3.73. The lowest BCUT2D eigenvalue weighted by Gasteiger charge is -2.14. The van der Waals surface area contributed by atoms with Crippen LogP contribution in [0.2, 0.25) is 0 Å². The fraction of sp³-hybridized carbons (Fsp3) is 0.400. The minimum absolute atomic E-state index is 0.215. The molecule has 0 saturated heterocycles. The summed E-state index contributed by atoms with van der Waals surface area (Å²) in [6.45, 7) is 0.215. The Balaban J connectivity index is 4.32. The lowest BCUT2D eigenvalue weighted by Crippen LogP contribution is -2.48. The fourth-order valence-electron chi connectivity index (χ4n) is 1.13. The van der Waals surface area contributed by atoms with Gasteiger partial charge in [0, 0.05) is 0 Å². The number of carboxylic acids is 2. The zero-order chi connectivity index (χ0) is 16.3. The van der Waals surface area contributed by atoms with Crippen molar-refractivity contribution in [3.63, 3.8) is 0 Å². The van der Waals surface area contributed by atoms with Crippen LogP contribution in [0.5, 0.6) is 0 Å². The van der Waals surface area contributed by atoms with Gasteiger partial charge in [-0.2, -0.15) is 5.53 Å². The average molecular weight is 302 g/mol. The van der Waals surface area contributed by atoms with Gasteiger partial charge < -0.3 is 21.3 Å². The minimum atomic E-state index is -1.53. The maximum atomic E-state index is 11.6. The van der Waals surface area contributed by atoms with Gasteiger partial charge in [-0.15, -0.1) is 0 Å². The van der Waals surface area contributed by atoms with E-state index in [9.17, 15) is 14.4 Å². The molecular weight excluding hydrogens is 284 g/mol. The van der Waals surface area contributed by atoms with Crippen molar-refractivity contribution >= 4 is 24.2 Å². The highest BCUT2D eigenvalue weighted by atomic mass is 16.4. The first-order chi connectivity index (χ1) is 9.88. The molecule has 0 rings (SSSR count). The summed E-state index contributed by atoms with van der Waals surface area (Å²) in [5, 5.41) is 19.3. The average Bonchev–Trinajstić information content (AvgIpc) is 2.40. The lowest BCUT2D eigenvalue weighted by atomic mass is 10.2. The van der Waals surface area contributed by atoms with E-state index in [1.165, 1.54) is 18.5 Å². The number of amides is 1. The second kappa shape index (κ2) is 10.3. The molecule has 0 bridgehead atoms. The van der Waals surface area contributed by atoms with Gasteiger partial charge in [0.25, 0.3) is 0 Å². The number of rotatable bonds is 10. The molecule has 0 unspecified atom stereocenters. The second-order valence-electron chi connectivity index (χ2n) is 3.73. The highest BCUT2D eigenvalue weighted by Gasteiger charge is 2.24. The van der Waals surface area contributed by atoms with E-state index >= 15 is 0 Å². The van der Waals surface area contributed by atoms with Gasteiger partial charge >= 0.3 is 11.9 Å². The van der Waals surface area contributed by atoms with Gasteiger partial charge in [0.05, 0.1) is 19.3 Å². The predicted octanol–water partition coefficient (Wildman–Crippen LogP) is -3.09. The van der Waals surface area contributed by atoms with Gasteiger partial charge in [-0.3, -0.25) is 25.8 Å². The standard InChI is InChI=1S/C10H18N6O5/c11-6(2-1-3-13-5-14-16-12)9(19)15-7(10(20)21)4-8(17)18/h1-2,5-7,16H,3-4,11-12H2,(H,13,14)(H,15,19)(H,17,18)(H,20,21)/t6-,7-/m0/s1. The van der Waals surface area contributed by atoms with Crippen LogP contribution >= 0.6 is 0 Å². The number of aliphatic imine (C=N–C) groups is 1. The van der Waals surface area contributed by atoms with Crippen LogP contribution in [0.25, 0.3) is 0 Å². The van der Waals surface area contributed by atoms with Crippen molar-refractivity contribution in [3.8, 4) is 0 Å². The number of hydrazine groups is 2. The summed E-state index contributed by atoms with van der Waals surface area (Å²) in [6.07, 6.45) is 3.33. The molecule has 0 aromatic rings. The number of carbonyl (C=O) groups excluding carboxylic acids is 1. The molecule has 2 atom stereocenters. The molecule has 9 N–H and O–H groups in total. The van der Waals surface area contributed by atoms with Gasteiger partial charge in [-0.25, -0.2) is 4.79 Å². The minimum Gasteiger partial charge on any atom is -0.481 e. The summed E-state index contributed by atoms with van der Waals surface area (Å²) in [6, 6.07) is -2.65. The normalized spacial score (nSPS) is 14.0. The van der Waals surface area contributed by atoms with Crippen LogP contribution < -0.4 is 27.9 Å². The third kappa shape index (κ3) is 9.10. The quantitative estimate of drug-likeness (QED) is 0.0719. The van der Waals surface area contributed by atoms with Crippen molar-refractivity contribution in [1.82, 2.24) is 16.3 Å². The van der Waals surface area contributed by atoms with Crippen LogP contribution in [-0.2, 0) is 14.4 Å². The Bertz CT molecular complexity index is 424. The fourth-order valence-corrected chi connectivity index (χ4v) is 1.13. The maximum Gasteiger partial charge on any atom is 0.326 e. The Hall–Kier alpha value is -2.50. The molecule has 0 spiro atoms. The number of nitrogens with zero attached hydrogens (tertiary/aromatic N) is 1. The molecule has 118 valence electrons. The van der Waals surface area contributed by atoms with Crippen molar-refractivity contribution in [2.75, 3.05) is 6.54 Å². The molecule has 1 amide bonds. The first-order valence-electron chi connectivity index (χ1n) is 5.75. The Morgan fingerprint density at radius 1 is 1.29 bits per heavy atom. The first kappa shape index (κ1) is 18.5. The largest absolute Gasteiger partial charge is 0.481 e. The Morgan fingerprint density at radius 3 is 2.48 bits per heavy atom. The van der Waals surface area contributed by atoms with Crippen molar-refractivity contribution in [3.05, 3.63) is 12.2 Å². The summed E-state index contributed by atoms with van der Waals surface area (Å²) in [4.78, 5) is 36.6. The first-order valence-corrected chi connectivity index (χ1v) is 5.75. The zero-order valence-electron chi connectivity index (χ0n) is 11.0. The number of nitrogens with one attached hydrogen (secondary N) is 3. The van der Waals surface area contributed by atoms with Gasteiger partial charge in [0.1, 0.15) is 12.1 Å². The third-order valence-electron chi connectivity index (χ3n) is 2.09. The monoisotopic (exact) mass is 302 g/mol. The van der Waals surface area contributed by atoms with Gasteiger partial charge in [-0.1, -0.05) is 12.2 Å².